The normalized spacial score (nSPS) is 11.6. The van der Waals surface area contributed by atoms with E-state index in [-0.39, 0.29) is 12.0 Å². The monoisotopic (exact) mass is 232 g/mol. The van der Waals surface area contributed by atoms with Crippen molar-refractivity contribution >= 4 is 5.97 Å². The number of benzene rings is 1. The lowest BCUT2D eigenvalue weighted by molar-refractivity contribution is -0.146. The van der Waals surface area contributed by atoms with Gasteiger partial charge in [0.1, 0.15) is 5.82 Å². The summed E-state index contributed by atoms with van der Waals surface area (Å²) in [4.78, 5) is 10.8. The zero-order valence-electron chi connectivity index (χ0n) is 8.85. The summed E-state index contributed by atoms with van der Waals surface area (Å²) in [5, 5.41) is 8.83. The van der Waals surface area contributed by atoms with Gasteiger partial charge in [0.25, 0.3) is 0 Å². The van der Waals surface area contributed by atoms with E-state index in [4.69, 9.17) is 5.11 Å². The van der Waals surface area contributed by atoms with E-state index in [1.807, 2.05) is 0 Å². The molecule has 0 amide bonds. The minimum absolute atomic E-state index is 0.147. The van der Waals surface area contributed by atoms with Crippen molar-refractivity contribution in [2.24, 2.45) is 5.41 Å². The molecule has 0 bridgehead atoms. The lowest BCUT2D eigenvalue weighted by Crippen LogP contribution is -2.26. The molecular formula is C11H11F3O2. The Labute approximate surface area is 90.7 Å². The fourth-order valence-corrected chi connectivity index (χ4v) is 1.25. The largest absolute Gasteiger partial charge is 0.481 e. The van der Waals surface area contributed by atoms with Crippen LogP contribution >= 0.6 is 0 Å². The van der Waals surface area contributed by atoms with Gasteiger partial charge < -0.3 is 5.11 Å². The van der Waals surface area contributed by atoms with Crippen molar-refractivity contribution in [1.82, 2.24) is 0 Å². The van der Waals surface area contributed by atoms with Crippen molar-refractivity contribution in [2.45, 2.75) is 20.3 Å². The third kappa shape index (κ3) is 2.53. The van der Waals surface area contributed by atoms with Crippen LogP contribution in [0.5, 0.6) is 0 Å². The van der Waals surface area contributed by atoms with Crippen LogP contribution in [-0.2, 0) is 11.2 Å². The highest BCUT2D eigenvalue weighted by Gasteiger charge is 2.29. The summed E-state index contributed by atoms with van der Waals surface area (Å²) in [6.45, 7) is 2.77. The molecule has 88 valence electrons. The first kappa shape index (κ1) is 12.5. The SMILES string of the molecule is CC(C)(Cc1cc(F)c(F)cc1F)C(=O)O. The van der Waals surface area contributed by atoms with E-state index in [0.29, 0.717) is 12.1 Å². The van der Waals surface area contributed by atoms with Gasteiger partial charge in [-0.25, -0.2) is 13.2 Å². The Balaban J connectivity index is 3.07. The molecule has 0 saturated carbocycles. The average molecular weight is 232 g/mol. The molecule has 0 heterocycles. The Hall–Kier alpha value is -1.52. The van der Waals surface area contributed by atoms with Gasteiger partial charge in [-0.1, -0.05) is 0 Å². The molecule has 0 saturated heterocycles. The highest BCUT2D eigenvalue weighted by molar-refractivity contribution is 5.74. The standard InChI is InChI=1S/C11H11F3O2/c1-11(2,10(15)16)5-6-3-8(13)9(14)4-7(6)12/h3-4H,5H2,1-2H3,(H,15,16). The van der Waals surface area contributed by atoms with Crippen molar-refractivity contribution in [3.05, 3.63) is 35.1 Å². The van der Waals surface area contributed by atoms with Crippen LogP contribution in [0.15, 0.2) is 12.1 Å². The van der Waals surface area contributed by atoms with Crippen LogP contribution in [0.1, 0.15) is 19.4 Å². The third-order valence-electron chi connectivity index (χ3n) is 2.30. The van der Waals surface area contributed by atoms with Crippen LogP contribution in [-0.4, -0.2) is 11.1 Å². The fourth-order valence-electron chi connectivity index (χ4n) is 1.25. The van der Waals surface area contributed by atoms with Gasteiger partial charge in [-0.3, -0.25) is 4.79 Å². The molecule has 1 aromatic rings. The van der Waals surface area contributed by atoms with Crippen molar-refractivity contribution in [3.8, 4) is 0 Å². The van der Waals surface area contributed by atoms with E-state index >= 15 is 0 Å². The van der Waals surface area contributed by atoms with E-state index in [1.54, 1.807) is 0 Å². The first-order valence-electron chi connectivity index (χ1n) is 4.61. The van der Waals surface area contributed by atoms with Crippen LogP contribution in [0.25, 0.3) is 0 Å². The molecule has 0 aromatic heterocycles. The van der Waals surface area contributed by atoms with E-state index in [1.165, 1.54) is 13.8 Å². The first-order chi connectivity index (χ1) is 7.24. The molecule has 0 atom stereocenters. The van der Waals surface area contributed by atoms with Gasteiger partial charge in [0.2, 0.25) is 0 Å². The summed E-state index contributed by atoms with van der Waals surface area (Å²) in [5.74, 6) is -4.53. The summed E-state index contributed by atoms with van der Waals surface area (Å²) in [6.07, 6.45) is -0.203. The maximum atomic E-state index is 13.2. The van der Waals surface area contributed by atoms with Gasteiger partial charge in [-0.2, -0.15) is 0 Å². The summed E-state index contributed by atoms with van der Waals surface area (Å²) in [7, 11) is 0. The Morgan fingerprint density at radius 2 is 1.69 bits per heavy atom. The molecule has 2 nitrogen and oxygen atoms in total. The smallest absolute Gasteiger partial charge is 0.309 e. The average Bonchev–Trinajstić information content (AvgIpc) is 2.13. The highest BCUT2D eigenvalue weighted by atomic mass is 19.2. The molecule has 0 radical (unpaired) electrons. The van der Waals surface area contributed by atoms with E-state index in [2.05, 4.69) is 0 Å². The number of carboxylic acids is 1. The molecular weight excluding hydrogens is 221 g/mol. The second-order valence-corrected chi connectivity index (χ2v) is 4.22. The number of carbonyl (C=O) groups is 1. The molecule has 1 aromatic carbocycles. The maximum absolute atomic E-state index is 13.2. The third-order valence-corrected chi connectivity index (χ3v) is 2.30. The minimum Gasteiger partial charge on any atom is -0.481 e. The van der Waals surface area contributed by atoms with Gasteiger partial charge in [-0.15, -0.1) is 0 Å². The second-order valence-electron chi connectivity index (χ2n) is 4.22. The summed E-state index contributed by atoms with van der Waals surface area (Å²) >= 11 is 0. The second kappa shape index (κ2) is 4.15. The van der Waals surface area contributed by atoms with Gasteiger partial charge >= 0.3 is 5.97 Å². The Bertz CT molecular complexity index is 427. The van der Waals surface area contributed by atoms with Crippen LogP contribution in [0.2, 0.25) is 0 Å². The minimum atomic E-state index is -1.28. The Kier molecular flexibility index (Phi) is 3.26. The zero-order chi connectivity index (χ0) is 12.5. The Morgan fingerprint density at radius 1 is 1.19 bits per heavy atom. The first-order valence-corrected chi connectivity index (χ1v) is 4.61. The van der Waals surface area contributed by atoms with Crippen molar-refractivity contribution in [1.29, 1.82) is 0 Å². The molecule has 0 aliphatic carbocycles. The quantitative estimate of drug-likeness (QED) is 0.813. The fraction of sp³-hybridized carbons (Fsp3) is 0.364. The molecule has 1 N–H and O–H groups in total. The van der Waals surface area contributed by atoms with Crippen LogP contribution in [0.3, 0.4) is 0 Å². The highest BCUT2D eigenvalue weighted by Crippen LogP contribution is 2.25. The molecule has 0 fully saturated rings. The van der Waals surface area contributed by atoms with E-state index in [9.17, 15) is 18.0 Å². The topological polar surface area (TPSA) is 37.3 Å². The summed E-state index contributed by atoms with van der Waals surface area (Å²) < 4.78 is 38.7. The predicted molar refractivity (Wildman–Crippen MR) is 51.4 cm³/mol. The maximum Gasteiger partial charge on any atom is 0.309 e. The van der Waals surface area contributed by atoms with E-state index in [0.717, 1.165) is 0 Å². The van der Waals surface area contributed by atoms with Crippen molar-refractivity contribution in [2.75, 3.05) is 0 Å². The number of hydrogen-bond donors (Lipinski definition) is 1. The molecule has 0 spiro atoms. The van der Waals surface area contributed by atoms with Crippen LogP contribution in [0, 0.1) is 22.9 Å². The Morgan fingerprint density at radius 3 is 2.19 bits per heavy atom. The van der Waals surface area contributed by atoms with Gasteiger partial charge in [0.05, 0.1) is 5.41 Å². The lowest BCUT2D eigenvalue weighted by Gasteiger charge is -2.19. The van der Waals surface area contributed by atoms with Crippen LogP contribution in [0.4, 0.5) is 13.2 Å². The molecule has 1 rings (SSSR count). The van der Waals surface area contributed by atoms with Gasteiger partial charge in [0.15, 0.2) is 11.6 Å². The van der Waals surface area contributed by atoms with Crippen molar-refractivity contribution < 1.29 is 23.1 Å². The molecule has 0 aliphatic rings. The number of halogens is 3. The van der Waals surface area contributed by atoms with Gasteiger partial charge in [0, 0.05) is 6.07 Å². The molecule has 5 heteroatoms. The zero-order valence-corrected chi connectivity index (χ0v) is 8.85. The van der Waals surface area contributed by atoms with E-state index < -0.39 is 28.8 Å². The lowest BCUT2D eigenvalue weighted by atomic mass is 9.86. The molecule has 0 aliphatic heterocycles. The summed E-state index contributed by atoms with van der Waals surface area (Å²) in [5.41, 5.74) is -1.38. The molecule has 16 heavy (non-hydrogen) atoms. The van der Waals surface area contributed by atoms with Crippen molar-refractivity contribution in [3.63, 3.8) is 0 Å². The van der Waals surface area contributed by atoms with Gasteiger partial charge in [-0.05, 0) is 31.9 Å². The van der Waals surface area contributed by atoms with Crippen LogP contribution < -0.4 is 0 Å². The number of aliphatic carboxylic acids is 1. The molecule has 0 unspecified atom stereocenters. The number of hydrogen-bond acceptors (Lipinski definition) is 1. The number of carboxylic acid groups (broad SMARTS) is 1. The number of rotatable bonds is 3. The summed E-state index contributed by atoms with van der Waals surface area (Å²) in [6, 6.07) is 1.11. The predicted octanol–water partition coefficient (Wildman–Crippen LogP) is 2.76.